The number of fused-ring (bicyclic) bond motifs is 1. The van der Waals surface area contributed by atoms with E-state index < -0.39 is 17.9 Å². The molecular weight excluding hydrogens is 497 g/mol. The minimum atomic E-state index is -2.75. The van der Waals surface area contributed by atoms with Gasteiger partial charge in [0.05, 0.1) is 25.0 Å². The molecule has 3 aromatic rings. The third kappa shape index (κ3) is 5.99. The Labute approximate surface area is 208 Å². The van der Waals surface area contributed by atoms with Gasteiger partial charge in [0.15, 0.2) is 11.0 Å². The third-order valence-corrected chi connectivity index (χ3v) is 6.51. The molecule has 4 heterocycles. The predicted octanol–water partition coefficient (Wildman–Crippen LogP) is 2.93. The smallest absolute Gasteiger partial charge is 0.275 e. The van der Waals surface area contributed by atoms with Crippen LogP contribution >= 0.6 is 11.8 Å². The van der Waals surface area contributed by atoms with E-state index in [4.69, 9.17) is 10.5 Å². The summed E-state index contributed by atoms with van der Waals surface area (Å²) >= 11 is 1.34. The molecule has 3 unspecified atom stereocenters. The van der Waals surface area contributed by atoms with Crippen molar-refractivity contribution >= 4 is 28.5 Å². The molecule has 0 bridgehead atoms. The van der Waals surface area contributed by atoms with Crippen LogP contribution in [-0.2, 0) is 4.74 Å². The van der Waals surface area contributed by atoms with Gasteiger partial charge in [-0.1, -0.05) is 18.7 Å². The molecule has 5 rings (SSSR count). The molecule has 2 aromatic heterocycles. The number of alkyl halides is 2. The van der Waals surface area contributed by atoms with Gasteiger partial charge in [-0.25, -0.2) is 32.8 Å². The highest BCUT2D eigenvalue weighted by Gasteiger charge is 2.51. The number of anilines is 1. The van der Waals surface area contributed by atoms with Crippen LogP contribution < -0.4 is 11.1 Å². The van der Waals surface area contributed by atoms with Gasteiger partial charge in [0.25, 0.3) is 11.8 Å². The summed E-state index contributed by atoms with van der Waals surface area (Å²) in [6.45, 7) is 1.75. The molecule has 3 N–H and O–H groups in total. The van der Waals surface area contributed by atoms with Gasteiger partial charge in [0, 0.05) is 23.8 Å². The van der Waals surface area contributed by atoms with E-state index in [1.165, 1.54) is 72.7 Å². The summed E-state index contributed by atoms with van der Waals surface area (Å²) in [5.41, 5.74) is 6.16. The maximum atomic E-state index is 13.5. The van der Waals surface area contributed by atoms with Crippen molar-refractivity contribution < 1.29 is 22.7 Å². The van der Waals surface area contributed by atoms with Crippen molar-refractivity contribution in [3.8, 4) is 5.82 Å². The Morgan fingerprint density at radius 2 is 2.06 bits per heavy atom. The van der Waals surface area contributed by atoms with Gasteiger partial charge in [-0.2, -0.15) is 5.10 Å². The van der Waals surface area contributed by atoms with Gasteiger partial charge >= 0.3 is 0 Å². The van der Waals surface area contributed by atoms with E-state index in [1.54, 1.807) is 0 Å². The number of hydrogen-bond donors (Lipinski definition) is 2. The van der Waals surface area contributed by atoms with Crippen LogP contribution in [0.2, 0.25) is 0 Å². The Kier molecular flexibility index (Phi) is 7.84. The van der Waals surface area contributed by atoms with Crippen molar-refractivity contribution in [2.75, 3.05) is 17.7 Å². The molecule has 0 aliphatic carbocycles. The van der Waals surface area contributed by atoms with E-state index in [0.717, 1.165) is 0 Å². The molecule has 0 spiro atoms. The number of nitrogens with zero attached hydrogens (tertiary/aromatic N) is 6. The van der Waals surface area contributed by atoms with Crippen LogP contribution in [0.3, 0.4) is 0 Å². The number of nitrogens with one attached hydrogen (secondary N) is 1. The highest BCUT2D eigenvalue weighted by molar-refractivity contribution is 8.13. The number of amidine groups is 1. The molecule has 0 saturated carbocycles. The third-order valence-electron chi connectivity index (χ3n) is 5.56. The summed E-state index contributed by atoms with van der Waals surface area (Å²) in [6, 6.07) is 5.27. The zero-order valence-electron chi connectivity index (χ0n) is 19.1. The number of hydrogen-bond acceptors (Lipinski definition) is 9. The maximum absolute atomic E-state index is 13.5. The zero-order chi connectivity index (χ0) is 25.7. The number of amides is 1. The van der Waals surface area contributed by atoms with Crippen LogP contribution in [0.15, 0.2) is 54.3 Å². The average Bonchev–Trinajstić information content (AvgIpc) is 3.56. The number of carbonyl (C=O) groups excluding carboxylic acids is 1. The monoisotopic (exact) mass is 520 g/mol. The number of halogens is 3. The van der Waals surface area contributed by atoms with Crippen LogP contribution in [0.5, 0.6) is 0 Å². The summed E-state index contributed by atoms with van der Waals surface area (Å²) in [5.74, 6) is -2.71. The van der Waals surface area contributed by atoms with Crippen LogP contribution in [0.1, 0.15) is 23.8 Å². The number of aromatic nitrogens is 5. The molecule has 10 nitrogen and oxygen atoms in total. The lowest BCUT2D eigenvalue weighted by Gasteiger charge is -2.29. The molecule has 1 aromatic carbocycles. The summed E-state index contributed by atoms with van der Waals surface area (Å²) in [7, 11) is 0. The fourth-order valence-electron chi connectivity index (χ4n) is 3.61. The normalized spacial score (nSPS) is 21.1. The molecule has 2 aliphatic heterocycles. The topological polar surface area (TPSA) is 133 Å². The number of benzene rings is 1. The van der Waals surface area contributed by atoms with E-state index >= 15 is 0 Å². The molecule has 0 radical (unpaired) electrons. The van der Waals surface area contributed by atoms with Crippen LogP contribution in [-0.4, -0.2) is 66.2 Å². The Bertz CT molecular complexity index is 1190. The molecule has 1 fully saturated rings. The quantitative estimate of drug-likeness (QED) is 0.525. The molecule has 3 atom stereocenters. The van der Waals surface area contributed by atoms with Crippen molar-refractivity contribution in [1.82, 2.24) is 24.7 Å². The van der Waals surface area contributed by atoms with Crippen molar-refractivity contribution in [3.63, 3.8) is 0 Å². The molecule has 2 aliphatic rings. The summed E-state index contributed by atoms with van der Waals surface area (Å²) in [6.07, 6.45) is 4.41. The largest absolute Gasteiger partial charge is 0.379 e. The van der Waals surface area contributed by atoms with Crippen molar-refractivity contribution in [3.05, 3.63) is 60.8 Å². The minimum absolute atomic E-state index is 0.142. The number of thioether (sulfide) groups is 1. The first-order valence-corrected chi connectivity index (χ1v) is 11.9. The Morgan fingerprint density at radius 1 is 1.28 bits per heavy atom. The maximum Gasteiger partial charge on any atom is 0.275 e. The van der Waals surface area contributed by atoms with Gasteiger partial charge in [-0.15, -0.1) is 0 Å². The predicted molar refractivity (Wildman–Crippen MR) is 128 cm³/mol. The standard InChI is InChI=1S/C13H9FN6O.C9H14F2N2OS/c14-9-1-3-10(4-2-9)19-13(21)11-5-17-12(6-16-11)20-8-15-7-18-20;1-2-9(10,11)7-5-4-15-8(12)13-6(5)3-14-7/h1-8H,(H,19,21);5-7H,2-4H2,1H3,(H2,12,13). The summed E-state index contributed by atoms with van der Waals surface area (Å²) < 4.78 is 46.4. The van der Waals surface area contributed by atoms with E-state index in [1.807, 2.05) is 0 Å². The fraction of sp³-hybridized carbons (Fsp3) is 0.364. The van der Waals surface area contributed by atoms with Gasteiger partial charge in [0.2, 0.25) is 0 Å². The van der Waals surface area contributed by atoms with Gasteiger partial charge < -0.3 is 15.8 Å². The molecule has 190 valence electrons. The van der Waals surface area contributed by atoms with E-state index in [9.17, 15) is 18.0 Å². The first kappa shape index (κ1) is 25.6. The van der Waals surface area contributed by atoms with Gasteiger partial charge in [-0.3, -0.25) is 9.79 Å². The summed E-state index contributed by atoms with van der Waals surface area (Å²) in [5, 5.41) is 6.99. The van der Waals surface area contributed by atoms with Crippen LogP contribution in [0.25, 0.3) is 5.82 Å². The van der Waals surface area contributed by atoms with Crippen LogP contribution in [0, 0.1) is 11.7 Å². The lowest BCUT2D eigenvalue weighted by Crippen LogP contribution is -2.42. The zero-order valence-corrected chi connectivity index (χ0v) is 19.9. The number of nitrogens with two attached hydrogens (primary N) is 1. The van der Waals surface area contributed by atoms with Crippen molar-refractivity contribution in [2.45, 2.75) is 31.4 Å². The van der Waals surface area contributed by atoms with E-state index in [-0.39, 0.29) is 36.5 Å². The Morgan fingerprint density at radius 3 is 2.69 bits per heavy atom. The Balaban J connectivity index is 0.000000179. The SMILES string of the molecule is CCC(F)(F)C1OCC2N=C(N)SCC21.O=C(Nc1ccc(F)cc1)c1cnc(-n2cncn2)cn1. The highest BCUT2D eigenvalue weighted by atomic mass is 32.2. The second-order valence-electron chi connectivity index (χ2n) is 7.94. The van der Waals surface area contributed by atoms with Crippen molar-refractivity contribution in [1.29, 1.82) is 0 Å². The van der Waals surface area contributed by atoms with E-state index in [2.05, 4.69) is 30.4 Å². The number of rotatable bonds is 5. The lowest BCUT2D eigenvalue weighted by molar-refractivity contribution is -0.128. The molecule has 1 saturated heterocycles. The van der Waals surface area contributed by atoms with Crippen molar-refractivity contribution in [2.24, 2.45) is 16.6 Å². The first-order valence-electron chi connectivity index (χ1n) is 11.0. The number of ether oxygens (including phenoxy) is 1. The average molecular weight is 521 g/mol. The lowest BCUT2D eigenvalue weighted by atomic mass is 9.93. The second-order valence-corrected chi connectivity index (χ2v) is 8.98. The van der Waals surface area contributed by atoms with Gasteiger partial charge in [0.1, 0.15) is 30.3 Å². The Hall–Kier alpha value is -3.52. The van der Waals surface area contributed by atoms with E-state index in [0.29, 0.717) is 22.4 Å². The van der Waals surface area contributed by atoms with Gasteiger partial charge in [-0.05, 0) is 24.3 Å². The number of carbonyl (C=O) groups is 1. The highest BCUT2D eigenvalue weighted by Crippen LogP contribution is 2.40. The molecule has 36 heavy (non-hydrogen) atoms. The minimum Gasteiger partial charge on any atom is -0.379 e. The van der Waals surface area contributed by atoms with Crippen LogP contribution in [0.4, 0.5) is 18.9 Å². The summed E-state index contributed by atoms with van der Waals surface area (Å²) in [4.78, 5) is 28.0. The first-order chi connectivity index (χ1) is 17.3. The fourth-order valence-corrected chi connectivity index (χ4v) is 4.58. The molecular formula is C22H23F3N8O2S. The second kappa shape index (κ2) is 11.0. The molecule has 1 amide bonds. The number of aliphatic imine (C=N–C) groups is 1. The molecule has 14 heteroatoms.